The molecule has 1 atom stereocenters. The zero-order chi connectivity index (χ0) is 10.4. The average Bonchev–Trinajstić information content (AvgIpc) is 2.15. The molecule has 3 heteroatoms. The van der Waals surface area contributed by atoms with Crippen LogP contribution in [0.15, 0.2) is 36.1 Å². The number of aliphatic carboxylic acids is 1. The summed E-state index contributed by atoms with van der Waals surface area (Å²) in [5.74, 6) is -0.910. The molecular weight excluding hydrogens is 180 g/mol. The van der Waals surface area contributed by atoms with Gasteiger partial charge in [0.25, 0.3) is 0 Å². The van der Waals surface area contributed by atoms with Crippen molar-refractivity contribution in [3.63, 3.8) is 0 Å². The fourth-order valence-corrected chi connectivity index (χ4v) is 1.16. The maximum atomic E-state index is 10.7. The number of hydrogen-bond donors (Lipinski definition) is 1. The van der Waals surface area contributed by atoms with E-state index in [9.17, 15) is 4.79 Å². The number of allylic oxidation sites excluding steroid dienone is 5. The Labute approximate surface area is 83.4 Å². The minimum atomic E-state index is -0.910. The Kier molecular flexibility index (Phi) is 3.98. The third-order valence-electron chi connectivity index (χ3n) is 2.00. The molecule has 0 aromatic rings. The van der Waals surface area contributed by atoms with Crippen molar-refractivity contribution in [3.05, 3.63) is 36.1 Å². The van der Waals surface area contributed by atoms with Crippen molar-refractivity contribution in [3.8, 4) is 0 Å². The molecule has 0 bridgehead atoms. The Balaban J connectivity index is 2.69. The van der Waals surface area contributed by atoms with Crippen LogP contribution in [0.3, 0.4) is 0 Å². The van der Waals surface area contributed by atoms with Gasteiger partial charge in [-0.25, -0.2) is 4.79 Å². The van der Waals surface area contributed by atoms with Gasteiger partial charge in [-0.15, -0.1) is 0 Å². The largest absolute Gasteiger partial charge is 0.486 e. The zero-order valence-corrected chi connectivity index (χ0v) is 8.14. The van der Waals surface area contributed by atoms with Gasteiger partial charge in [0, 0.05) is 0 Å². The predicted octanol–water partition coefficient (Wildman–Crippen LogP) is 2.27. The molecule has 0 amide bonds. The first-order valence-corrected chi connectivity index (χ1v) is 4.57. The Hall–Kier alpha value is -1.51. The molecule has 1 unspecified atom stereocenters. The fraction of sp³-hybridized carbons (Fsp3) is 0.364. The third kappa shape index (κ3) is 3.47. The van der Waals surface area contributed by atoms with Crippen molar-refractivity contribution < 1.29 is 14.6 Å². The molecule has 1 aliphatic rings. The van der Waals surface area contributed by atoms with Gasteiger partial charge in [-0.05, 0) is 25.8 Å². The molecule has 3 nitrogen and oxygen atoms in total. The molecule has 0 saturated carbocycles. The topological polar surface area (TPSA) is 46.5 Å². The lowest BCUT2D eigenvalue weighted by Gasteiger charge is -2.12. The zero-order valence-electron chi connectivity index (χ0n) is 8.14. The monoisotopic (exact) mass is 194 g/mol. The molecule has 1 heterocycles. The van der Waals surface area contributed by atoms with Crippen molar-refractivity contribution in [2.75, 3.05) is 0 Å². The van der Waals surface area contributed by atoms with E-state index in [0.717, 1.165) is 12.0 Å². The van der Waals surface area contributed by atoms with E-state index in [0.29, 0.717) is 6.42 Å². The summed E-state index contributed by atoms with van der Waals surface area (Å²) in [4.78, 5) is 10.7. The molecule has 1 rings (SSSR count). The van der Waals surface area contributed by atoms with E-state index in [4.69, 9.17) is 9.84 Å². The number of carboxylic acid groups (broad SMARTS) is 1. The second-order valence-corrected chi connectivity index (χ2v) is 3.23. The van der Waals surface area contributed by atoms with Crippen molar-refractivity contribution in [2.45, 2.75) is 25.9 Å². The van der Waals surface area contributed by atoms with E-state index in [-0.39, 0.29) is 0 Å². The van der Waals surface area contributed by atoms with Gasteiger partial charge in [-0.2, -0.15) is 0 Å². The van der Waals surface area contributed by atoms with E-state index in [1.165, 1.54) is 6.26 Å². The molecule has 0 spiro atoms. The number of carbonyl (C=O) groups is 1. The predicted molar refractivity (Wildman–Crippen MR) is 53.8 cm³/mol. The van der Waals surface area contributed by atoms with Gasteiger partial charge in [-0.1, -0.05) is 23.8 Å². The van der Waals surface area contributed by atoms with Gasteiger partial charge in [0.2, 0.25) is 0 Å². The lowest BCUT2D eigenvalue weighted by molar-refractivity contribution is -0.147. The lowest BCUT2D eigenvalue weighted by atomic mass is 10.1. The third-order valence-corrected chi connectivity index (χ3v) is 2.00. The van der Waals surface area contributed by atoms with Crippen molar-refractivity contribution >= 4 is 5.97 Å². The molecule has 0 radical (unpaired) electrons. The van der Waals surface area contributed by atoms with E-state index < -0.39 is 12.1 Å². The summed E-state index contributed by atoms with van der Waals surface area (Å²) in [6.45, 7) is 1.98. The molecule has 14 heavy (non-hydrogen) atoms. The minimum Gasteiger partial charge on any atom is -0.486 e. The van der Waals surface area contributed by atoms with Crippen LogP contribution >= 0.6 is 0 Å². The van der Waals surface area contributed by atoms with Crippen molar-refractivity contribution in [2.24, 2.45) is 0 Å². The van der Waals surface area contributed by atoms with Crippen LogP contribution in [0.4, 0.5) is 0 Å². The summed E-state index contributed by atoms with van der Waals surface area (Å²) in [5, 5.41) is 8.81. The van der Waals surface area contributed by atoms with E-state index in [1.807, 2.05) is 25.2 Å². The summed E-state index contributed by atoms with van der Waals surface area (Å²) < 4.78 is 5.07. The van der Waals surface area contributed by atoms with Gasteiger partial charge in [0.1, 0.15) is 0 Å². The first-order valence-electron chi connectivity index (χ1n) is 4.57. The Morgan fingerprint density at radius 1 is 1.50 bits per heavy atom. The summed E-state index contributed by atoms with van der Waals surface area (Å²) in [6, 6.07) is 0. The van der Waals surface area contributed by atoms with Crippen LogP contribution in [-0.2, 0) is 9.53 Å². The molecule has 0 aromatic carbocycles. The van der Waals surface area contributed by atoms with Gasteiger partial charge >= 0.3 is 5.97 Å². The molecule has 0 saturated heterocycles. The van der Waals surface area contributed by atoms with E-state index >= 15 is 0 Å². The highest BCUT2D eigenvalue weighted by molar-refractivity contribution is 5.72. The summed E-state index contributed by atoms with van der Waals surface area (Å²) >= 11 is 0. The normalized spacial score (nSPS) is 30.6. The van der Waals surface area contributed by atoms with Gasteiger partial charge in [-0.3, -0.25) is 0 Å². The Morgan fingerprint density at radius 3 is 3.00 bits per heavy atom. The smallest absolute Gasteiger partial charge is 0.344 e. The minimum absolute atomic E-state index is 0.510. The van der Waals surface area contributed by atoms with Gasteiger partial charge in [0.15, 0.2) is 6.10 Å². The van der Waals surface area contributed by atoms with Crippen molar-refractivity contribution in [1.29, 1.82) is 0 Å². The summed E-state index contributed by atoms with van der Waals surface area (Å²) in [5.41, 5.74) is 1.16. The lowest BCUT2D eigenvalue weighted by Crippen LogP contribution is -2.21. The average molecular weight is 194 g/mol. The standard InChI is InChI=1S/C11H14O3/c1-9-5-3-2-4-8-14-10(7-6-9)11(12)13/h2-5,8,10H,6-7H2,1H3,(H,12,13)/b3-2-,8-4+,9-5+. The van der Waals surface area contributed by atoms with Crippen LogP contribution in [0.5, 0.6) is 0 Å². The molecule has 1 aliphatic heterocycles. The van der Waals surface area contributed by atoms with Crippen LogP contribution in [-0.4, -0.2) is 17.2 Å². The van der Waals surface area contributed by atoms with Crippen LogP contribution in [0.1, 0.15) is 19.8 Å². The highest BCUT2D eigenvalue weighted by Gasteiger charge is 2.17. The first kappa shape index (κ1) is 10.6. The molecule has 0 aromatic heterocycles. The molecule has 0 aliphatic carbocycles. The van der Waals surface area contributed by atoms with Crippen LogP contribution in [0, 0.1) is 0 Å². The summed E-state index contributed by atoms with van der Waals surface area (Å²) in [7, 11) is 0. The highest BCUT2D eigenvalue weighted by atomic mass is 16.5. The van der Waals surface area contributed by atoms with Crippen molar-refractivity contribution in [1.82, 2.24) is 0 Å². The van der Waals surface area contributed by atoms with Crippen LogP contribution in [0.2, 0.25) is 0 Å². The highest BCUT2D eigenvalue weighted by Crippen LogP contribution is 2.11. The molecular formula is C11H14O3. The van der Waals surface area contributed by atoms with Crippen LogP contribution < -0.4 is 0 Å². The number of carboxylic acids is 1. The first-order chi connectivity index (χ1) is 6.70. The quantitative estimate of drug-likeness (QED) is 0.696. The second-order valence-electron chi connectivity index (χ2n) is 3.23. The molecule has 0 fully saturated rings. The van der Waals surface area contributed by atoms with E-state index in [2.05, 4.69) is 0 Å². The van der Waals surface area contributed by atoms with Crippen LogP contribution in [0.25, 0.3) is 0 Å². The molecule has 1 N–H and O–H groups in total. The van der Waals surface area contributed by atoms with Gasteiger partial charge in [0.05, 0.1) is 6.26 Å². The number of ether oxygens (including phenoxy) is 1. The van der Waals surface area contributed by atoms with Gasteiger partial charge < -0.3 is 9.84 Å². The second kappa shape index (κ2) is 5.27. The fourth-order valence-electron chi connectivity index (χ4n) is 1.16. The SMILES string of the molecule is C\C1=C/C=C\C=C\OC(C(=O)O)CC1. The molecule has 76 valence electrons. The van der Waals surface area contributed by atoms with E-state index in [1.54, 1.807) is 6.08 Å². The Bertz CT molecular complexity index is 287. The Morgan fingerprint density at radius 2 is 2.29 bits per heavy atom. The maximum Gasteiger partial charge on any atom is 0.344 e. The number of rotatable bonds is 1. The summed E-state index contributed by atoms with van der Waals surface area (Å²) in [6.07, 6.45) is 9.33. The number of hydrogen-bond acceptors (Lipinski definition) is 2. The maximum absolute atomic E-state index is 10.7.